The molecule has 6 nitrogen and oxygen atoms in total. The molecule has 2 N–H and O–H groups in total. The van der Waals surface area contributed by atoms with Gasteiger partial charge in [-0.2, -0.15) is 0 Å². The smallest absolute Gasteiger partial charge is 0.257 e. The zero-order chi connectivity index (χ0) is 20.1. The molecular formula is C20H20BrN3O3S. The molecule has 0 unspecified atom stereocenters. The highest BCUT2D eigenvalue weighted by atomic mass is 79.9. The van der Waals surface area contributed by atoms with Crippen molar-refractivity contribution in [2.45, 2.75) is 12.8 Å². The number of thiocarbonyl (C=S) groups is 1. The fourth-order valence-corrected chi connectivity index (χ4v) is 3.70. The first-order chi connectivity index (χ1) is 13.5. The molecule has 28 heavy (non-hydrogen) atoms. The van der Waals surface area contributed by atoms with Gasteiger partial charge in [0.15, 0.2) is 5.11 Å². The Morgan fingerprint density at radius 3 is 2.32 bits per heavy atom. The van der Waals surface area contributed by atoms with E-state index in [1.54, 1.807) is 49.6 Å². The number of benzene rings is 2. The Morgan fingerprint density at radius 2 is 1.71 bits per heavy atom. The Morgan fingerprint density at radius 1 is 1.07 bits per heavy atom. The van der Waals surface area contributed by atoms with Gasteiger partial charge in [0.05, 0.1) is 11.6 Å². The van der Waals surface area contributed by atoms with Crippen molar-refractivity contribution in [1.82, 2.24) is 10.2 Å². The van der Waals surface area contributed by atoms with Gasteiger partial charge in [0.25, 0.3) is 11.8 Å². The van der Waals surface area contributed by atoms with Crippen molar-refractivity contribution in [3.8, 4) is 5.75 Å². The summed E-state index contributed by atoms with van der Waals surface area (Å²) in [6.07, 6.45) is 2.12. The number of amides is 2. The summed E-state index contributed by atoms with van der Waals surface area (Å²) in [6.45, 7) is 1.63. The van der Waals surface area contributed by atoms with Crippen molar-refractivity contribution >= 4 is 50.8 Å². The van der Waals surface area contributed by atoms with E-state index in [4.69, 9.17) is 17.0 Å². The summed E-state index contributed by atoms with van der Waals surface area (Å²) in [6, 6.07) is 12.1. The fourth-order valence-electron chi connectivity index (χ4n) is 2.94. The molecule has 0 aromatic heterocycles. The molecule has 1 saturated heterocycles. The van der Waals surface area contributed by atoms with E-state index in [1.165, 1.54) is 0 Å². The van der Waals surface area contributed by atoms with Crippen LogP contribution in [0.25, 0.3) is 0 Å². The van der Waals surface area contributed by atoms with Crippen LogP contribution < -0.4 is 15.4 Å². The van der Waals surface area contributed by atoms with Crippen molar-refractivity contribution < 1.29 is 14.3 Å². The van der Waals surface area contributed by atoms with E-state index < -0.39 is 0 Å². The van der Waals surface area contributed by atoms with Crippen molar-refractivity contribution in [3.63, 3.8) is 0 Å². The molecule has 0 saturated carbocycles. The van der Waals surface area contributed by atoms with Crippen molar-refractivity contribution in [1.29, 1.82) is 0 Å². The first-order valence-electron chi connectivity index (χ1n) is 8.83. The average molecular weight is 462 g/mol. The van der Waals surface area contributed by atoms with Gasteiger partial charge in [-0.15, -0.1) is 0 Å². The number of halogens is 1. The molecule has 2 aromatic carbocycles. The minimum absolute atomic E-state index is 0.0463. The van der Waals surface area contributed by atoms with Gasteiger partial charge in [0, 0.05) is 29.9 Å². The van der Waals surface area contributed by atoms with Crippen LogP contribution in [-0.4, -0.2) is 42.0 Å². The van der Waals surface area contributed by atoms with Crippen LogP contribution in [0.4, 0.5) is 5.69 Å². The zero-order valence-electron chi connectivity index (χ0n) is 15.3. The number of anilines is 1. The Labute approximate surface area is 177 Å². The molecule has 0 atom stereocenters. The van der Waals surface area contributed by atoms with Crippen LogP contribution in [0.1, 0.15) is 33.6 Å². The molecule has 8 heteroatoms. The Bertz CT molecular complexity index is 896. The van der Waals surface area contributed by atoms with Gasteiger partial charge in [-0.1, -0.05) is 0 Å². The number of rotatable bonds is 4. The predicted molar refractivity (Wildman–Crippen MR) is 116 cm³/mol. The maximum absolute atomic E-state index is 12.4. The topological polar surface area (TPSA) is 70.7 Å². The van der Waals surface area contributed by atoms with E-state index in [1.807, 2.05) is 4.90 Å². The number of carbonyl (C=O) groups is 2. The molecule has 0 aliphatic carbocycles. The van der Waals surface area contributed by atoms with Gasteiger partial charge in [-0.3, -0.25) is 14.9 Å². The number of likely N-dealkylation sites (tertiary alicyclic amines) is 1. The number of ether oxygens (including phenoxy) is 1. The monoisotopic (exact) mass is 461 g/mol. The summed E-state index contributed by atoms with van der Waals surface area (Å²) in [7, 11) is 1.56. The molecule has 0 spiro atoms. The molecule has 1 fully saturated rings. The molecule has 146 valence electrons. The highest BCUT2D eigenvalue weighted by Gasteiger charge is 2.19. The Balaban J connectivity index is 1.57. The summed E-state index contributed by atoms with van der Waals surface area (Å²) in [5, 5.41) is 5.77. The van der Waals surface area contributed by atoms with Crippen LogP contribution in [0, 0.1) is 0 Å². The quantitative estimate of drug-likeness (QED) is 0.677. The number of hydrogen-bond donors (Lipinski definition) is 2. The van der Waals surface area contributed by atoms with Crippen molar-refractivity contribution in [2.24, 2.45) is 0 Å². The minimum atomic E-state index is -0.332. The first kappa shape index (κ1) is 20.3. The SMILES string of the molecule is COc1ccc(C(=O)NC(=S)Nc2ccc(C(=O)N3CCCC3)cc2)cc1Br. The van der Waals surface area contributed by atoms with Gasteiger partial charge in [0.2, 0.25) is 0 Å². The standard InChI is InChI=1S/C20H20BrN3O3S/c1-27-17-9-6-14(12-16(17)21)18(25)23-20(28)22-15-7-4-13(5-8-15)19(26)24-10-2-3-11-24/h4-9,12H,2-3,10-11H2,1H3,(H2,22,23,25,28). The lowest BCUT2D eigenvalue weighted by Gasteiger charge is -2.15. The molecule has 2 aromatic rings. The van der Waals surface area contributed by atoms with E-state index in [0.717, 1.165) is 25.9 Å². The lowest BCUT2D eigenvalue weighted by atomic mass is 10.2. The molecule has 1 heterocycles. The first-order valence-corrected chi connectivity index (χ1v) is 10.0. The third kappa shape index (κ3) is 4.88. The number of hydrogen-bond acceptors (Lipinski definition) is 4. The number of carbonyl (C=O) groups excluding carboxylic acids is 2. The minimum Gasteiger partial charge on any atom is -0.496 e. The van der Waals surface area contributed by atoms with Crippen molar-refractivity contribution in [2.75, 3.05) is 25.5 Å². The fraction of sp³-hybridized carbons (Fsp3) is 0.250. The molecule has 0 bridgehead atoms. The van der Waals surface area contributed by atoms with E-state index >= 15 is 0 Å². The van der Waals surface area contributed by atoms with E-state index in [9.17, 15) is 9.59 Å². The van der Waals surface area contributed by atoms with Crippen LogP contribution in [-0.2, 0) is 0 Å². The van der Waals surface area contributed by atoms with Gasteiger partial charge in [0.1, 0.15) is 5.75 Å². The lowest BCUT2D eigenvalue weighted by molar-refractivity contribution is 0.0792. The summed E-state index contributed by atoms with van der Waals surface area (Å²) >= 11 is 8.56. The third-order valence-corrected chi connectivity index (χ3v) is 5.25. The van der Waals surface area contributed by atoms with Crippen LogP contribution in [0.3, 0.4) is 0 Å². The largest absolute Gasteiger partial charge is 0.496 e. The summed E-state index contributed by atoms with van der Waals surface area (Å²) in [4.78, 5) is 26.6. The second-order valence-electron chi connectivity index (χ2n) is 6.33. The van der Waals surface area contributed by atoms with Gasteiger partial charge in [-0.25, -0.2) is 0 Å². The number of nitrogens with zero attached hydrogens (tertiary/aromatic N) is 1. The van der Waals surface area contributed by atoms with Crippen LogP contribution in [0.15, 0.2) is 46.9 Å². The highest BCUT2D eigenvalue weighted by molar-refractivity contribution is 9.10. The van der Waals surface area contributed by atoms with Gasteiger partial charge in [-0.05, 0) is 83.5 Å². The maximum Gasteiger partial charge on any atom is 0.257 e. The molecule has 1 aliphatic heterocycles. The summed E-state index contributed by atoms with van der Waals surface area (Å²) in [5.74, 6) is 0.354. The molecule has 1 aliphatic rings. The lowest BCUT2D eigenvalue weighted by Crippen LogP contribution is -2.34. The summed E-state index contributed by atoms with van der Waals surface area (Å²) in [5.41, 5.74) is 1.79. The maximum atomic E-state index is 12.4. The Hall–Kier alpha value is -2.45. The van der Waals surface area contributed by atoms with Crippen LogP contribution in [0.2, 0.25) is 0 Å². The predicted octanol–water partition coefficient (Wildman–Crippen LogP) is 3.82. The number of nitrogens with one attached hydrogen (secondary N) is 2. The third-order valence-electron chi connectivity index (χ3n) is 4.42. The van der Waals surface area contributed by atoms with Crippen molar-refractivity contribution in [3.05, 3.63) is 58.1 Å². The van der Waals surface area contributed by atoms with Gasteiger partial charge >= 0.3 is 0 Å². The second-order valence-corrected chi connectivity index (χ2v) is 7.60. The molecule has 2 amide bonds. The number of methoxy groups -OCH3 is 1. The summed E-state index contributed by atoms with van der Waals surface area (Å²) < 4.78 is 5.84. The molecule has 0 radical (unpaired) electrons. The van der Waals surface area contributed by atoms with E-state index in [-0.39, 0.29) is 16.9 Å². The van der Waals surface area contributed by atoms with Crippen LogP contribution in [0.5, 0.6) is 5.75 Å². The normalized spacial score (nSPS) is 13.1. The van der Waals surface area contributed by atoms with E-state index in [0.29, 0.717) is 27.0 Å². The van der Waals surface area contributed by atoms with Gasteiger partial charge < -0.3 is 15.0 Å². The molecule has 3 rings (SSSR count). The average Bonchev–Trinajstić information content (AvgIpc) is 3.22. The Kier molecular flexibility index (Phi) is 6.64. The van der Waals surface area contributed by atoms with E-state index in [2.05, 4.69) is 26.6 Å². The molecular weight excluding hydrogens is 442 g/mol. The second kappa shape index (κ2) is 9.16. The van der Waals surface area contributed by atoms with Crippen LogP contribution >= 0.6 is 28.1 Å². The highest BCUT2D eigenvalue weighted by Crippen LogP contribution is 2.25. The zero-order valence-corrected chi connectivity index (χ0v) is 17.7.